The summed E-state index contributed by atoms with van der Waals surface area (Å²) < 4.78 is 0. The second-order valence-corrected chi connectivity index (χ2v) is 7.85. The molecule has 0 saturated carbocycles. The SMILES string of the molecule is CC(C)Cc1ccc2c(c1O)C(=O)c1c(ccc(CC(C)C)c1O)C2=O. The second-order valence-electron chi connectivity index (χ2n) is 7.85. The first-order valence-electron chi connectivity index (χ1n) is 9.01. The van der Waals surface area contributed by atoms with Gasteiger partial charge >= 0.3 is 0 Å². The normalized spacial score (nSPS) is 13.3. The maximum atomic E-state index is 13.1. The molecule has 0 aromatic heterocycles. The Morgan fingerprint density at radius 2 is 1.08 bits per heavy atom. The molecule has 1 aliphatic carbocycles. The van der Waals surface area contributed by atoms with Crippen molar-refractivity contribution < 1.29 is 19.8 Å². The highest BCUT2D eigenvalue weighted by molar-refractivity contribution is 6.30. The highest BCUT2D eigenvalue weighted by atomic mass is 16.3. The minimum atomic E-state index is -0.485. The van der Waals surface area contributed by atoms with E-state index >= 15 is 0 Å². The van der Waals surface area contributed by atoms with Gasteiger partial charge in [0.1, 0.15) is 11.5 Å². The summed E-state index contributed by atoms with van der Waals surface area (Å²) in [7, 11) is 0. The lowest BCUT2D eigenvalue weighted by molar-refractivity contribution is 0.0974. The maximum absolute atomic E-state index is 13.1. The third kappa shape index (κ3) is 2.90. The first-order chi connectivity index (χ1) is 12.2. The van der Waals surface area contributed by atoms with E-state index in [1.807, 2.05) is 27.7 Å². The molecule has 3 rings (SSSR count). The van der Waals surface area contributed by atoms with E-state index in [4.69, 9.17) is 0 Å². The van der Waals surface area contributed by atoms with Crippen LogP contribution in [-0.4, -0.2) is 21.8 Å². The van der Waals surface area contributed by atoms with E-state index in [2.05, 4.69) is 0 Å². The average molecular weight is 352 g/mol. The quantitative estimate of drug-likeness (QED) is 0.735. The number of carbonyl (C=O) groups is 2. The number of hydrogen-bond acceptors (Lipinski definition) is 4. The predicted molar refractivity (Wildman–Crippen MR) is 100 cm³/mol. The van der Waals surface area contributed by atoms with Gasteiger partial charge in [-0.15, -0.1) is 0 Å². The number of carbonyl (C=O) groups excluding carboxylic acids is 2. The van der Waals surface area contributed by atoms with E-state index in [9.17, 15) is 19.8 Å². The molecule has 26 heavy (non-hydrogen) atoms. The molecule has 0 spiro atoms. The van der Waals surface area contributed by atoms with Crippen LogP contribution in [0.3, 0.4) is 0 Å². The molecule has 4 heteroatoms. The van der Waals surface area contributed by atoms with Gasteiger partial charge in [0, 0.05) is 11.1 Å². The Balaban J connectivity index is 2.19. The van der Waals surface area contributed by atoms with Crippen molar-refractivity contribution >= 4 is 11.6 Å². The standard InChI is InChI=1S/C22H24O4/c1-11(2)9-13-5-7-15-17(19(13)23)22(26)18-16(21(15)25)8-6-14(20(18)24)10-12(3)4/h5-8,11-12,23-24H,9-10H2,1-4H3. The van der Waals surface area contributed by atoms with Crippen molar-refractivity contribution in [1.82, 2.24) is 0 Å². The molecule has 2 aromatic carbocycles. The molecular weight excluding hydrogens is 328 g/mol. The fraction of sp³-hybridized carbons (Fsp3) is 0.364. The van der Waals surface area contributed by atoms with Crippen LogP contribution in [0.1, 0.15) is 70.7 Å². The Bertz CT molecular complexity index is 835. The molecule has 2 aromatic rings. The summed E-state index contributed by atoms with van der Waals surface area (Å²) in [4.78, 5) is 25.9. The molecule has 136 valence electrons. The van der Waals surface area contributed by atoms with Crippen LogP contribution in [0.25, 0.3) is 0 Å². The van der Waals surface area contributed by atoms with Gasteiger partial charge in [-0.25, -0.2) is 0 Å². The Labute approximate surface area is 153 Å². The third-order valence-electron chi connectivity index (χ3n) is 4.72. The van der Waals surface area contributed by atoms with Crippen molar-refractivity contribution in [2.24, 2.45) is 11.8 Å². The van der Waals surface area contributed by atoms with E-state index in [0.29, 0.717) is 35.8 Å². The molecular formula is C22H24O4. The van der Waals surface area contributed by atoms with Crippen LogP contribution >= 0.6 is 0 Å². The molecule has 2 N–H and O–H groups in total. The smallest absolute Gasteiger partial charge is 0.201 e. The first kappa shape index (κ1) is 18.2. The van der Waals surface area contributed by atoms with Crippen LogP contribution in [0.2, 0.25) is 0 Å². The lowest BCUT2D eigenvalue weighted by Gasteiger charge is -2.22. The number of benzene rings is 2. The van der Waals surface area contributed by atoms with Gasteiger partial charge in [-0.05, 0) is 47.9 Å². The minimum absolute atomic E-state index is 0.0117. The van der Waals surface area contributed by atoms with E-state index in [1.54, 1.807) is 24.3 Å². The predicted octanol–water partition coefficient (Wildman–Crippen LogP) is 4.27. The second kappa shape index (κ2) is 6.60. The van der Waals surface area contributed by atoms with Gasteiger partial charge < -0.3 is 10.2 Å². The lowest BCUT2D eigenvalue weighted by Crippen LogP contribution is -2.22. The van der Waals surface area contributed by atoms with E-state index in [1.165, 1.54) is 0 Å². The minimum Gasteiger partial charge on any atom is -0.507 e. The Morgan fingerprint density at radius 3 is 1.42 bits per heavy atom. The third-order valence-corrected chi connectivity index (χ3v) is 4.72. The summed E-state index contributed by atoms with van der Waals surface area (Å²) in [5.41, 5.74) is 1.70. The van der Waals surface area contributed by atoms with Crippen molar-refractivity contribution in [3.8, 4) is 11.5 Å². The van der Waals surface area contributed by atoms with Crippen molar-refractivity contribution in [3.63, 3.8) is 0 Å². The molecule has 0 fully saturated rings. The van der Waals surface area contributed by atoms with Gasteiger partial charge in [-0.2, -0.15) is 0 Å². The molecule has 0 aliphatic heterocycles. The lowest BCUT2D eigenvalue weighted by atomic mass is 9.80. The summed E-state index contributed by atoms with van der Waals surface area (Å²) in [5.74, 6) is -0.519. The number of ketones is 2. The Hall–Kier alpha value is -2.62. The van der Waals surface area contributed by atoms with Gasteiger partial charge in [-0.3, -0.25) is 9.59 Å². The van der Waals surface area contributed by atoms with Crippen molar-refractivity contribution in [2.75, 3.05) is 0 Å². The van der Waals surface area contributed by atoms with E-state index in [-0.39, 0.29) is 39.5 Å². The first-order valence-corrected chi connectivity index (χ1v) is 9.01. The van der Waals surface area contributed by atoms with Crippen molar-refractivity contribution in [3.05, 3.63) is 57.6 Å². The van der Waals surface area contributed by atoms with Crippen LogP contribution in [0.15, 0.2) is 24.3 Å². The van der Waals surface area contributed by atoms with Gasteiger partial charge in [0.15, 0.2) is 5.78 Å². The van der Waals surface area contributed by atoms with E-state index in [0.717, 1.165) is 0 Å². The number of rotatable bonds is 4. The monoisotopic (exact) mass is 352 g/mol. The summed E-state index contributed by atoms with van der Waals surface area (Å²) in [6.07, 6.45) is 1.21. The number of aromatic hydroxyl groups is 2. The summed E-state index contributed by atoms with van der Waals surface area (Å²) in [6, 6.07) is 6.62. The van der Waals surface area contributed by atoms with Crippen LogP contribution in [0.4, 0.5) is 0 Å². The fourth-order valence-corrected chi connectivity index (χ4v) is 3.59. The highest BCUT2D eigenvalue weighted by Crippen LogP contribution is 2.40. The molecule has 1 aliphatic rings. The highest BCUT2D eigenvalue weighted by Gasteiger charge is 2.35. The van der Waals surface area contributed by atoms with Crippen molar-refractivity contribution in [1.29, 1.82) is 0 Å². The topological polar surface area (TPSA) is 74.6 Å². The molecule has 0 radical (unpaired) electrons. The molecule has 4 nitrogen and oxygen atoms in total. The largest absolute Gasteiger partial charge is 0.507 e. The molecule has 0 bridgehead atoms. The molecule has 0 unspecified atom stereocenters. The average Bonchev–Trinajstić information content (AvgIpc) is 2.55. The molecule has 0 heterocycles. The molecule has 0 saturated heterocycles. The van der Waals surface area contributed by atoms with Crippen molar-refractivity contribution in [2.45, 2.75) is 40.5 Å². The van der Waals surface area contributed by atoms with Crippen LogP contribution in [0, 0.1) is 11.8 Å². The number of phenols is 2. The maximum Gasteiger partial charge on any atom is 0.201 e. The summed E-state index contributed by atoms with van der Waals surface area (Å²) in [5, 5.41) is 21.3. The summed E-state index contributed by atoms with van der Waals surface area (Å²) in [6.45, 7) is 8.08. The van der Waals surface area contributed by atoms with Gasteiger partial charge in [0.05, 0.1) is 11.1 Å². The number of phenolic OH excluding ortho intramolecular Hbond substituents is 2. The van der Waals surface area contributed by atoms with Gasteiger partial charge in [-0.1, -0.05) is 39.8 Å². The Morgan fingerprint density at radius 1 is 0.692 bits per heavy atom. The molecule has 0 atom stereocenters. The van der Waals surface area contributed by atoms with Gasteiger partial charge in [0.2, 0.25) is 5.78 Å². The Kier molecular flexibility index (Phi) is 4.61. The van der Waals surface area contributed by atoms with Crippen LogP contribution in [-0.2, 0) is 12.8 Å². The van der Waals surface area contributed by atoms with E-state index < -0.39 is 5.78 Å². The zero-order chi connectivity index (χ0) is 19.2. The fourth-order valence-electron chi connectivity index (χ4n) is 3.59. The number of fused-ring (bicyclic) bond motifs is 2. The van der Waals surface area contributed by atoms with Crippen LogP contribution in [0.5, 0.6) is 11.5 Å². The van der Waals surface area contributed by atoms with Gasteiger partial charge in [0.25, 0.3) is 0 Å². The number of hydrogen-bond donors (Lipinski definition) is 2. The molecule has 0 amide bonds. The zero-order valence-electron chi connectivity index (χ0n) is 15.6. The zero-order valence-corrected chi connectivity index (χ0v) is 15.6. The van der Waals surface area contributed by atoms with Crippen LogP contribution < -0.4 is 0 Å². The summed E-state index contributed by atoms with van der Waals surface area (Å²) >= 11 is 0.